The lowest BCUT2D eigenvalue weighted by atomic mass is 9.81. The van der Waals surface area contributed by atoms with Crippen LogP contribution in [0.5, 0.6) is 0 Å². The molecule has 6 nitrogen and oxygen atoms in total. The average Bonchev–Trinajstić information content (AvgIpc) is 3.01. The Hall–Kier alpha value is -2.37. The number of carbonyl (C=O) groups is 2. The van der Waals surface area contributed by atoms with Gasteiger partial charge in [-0.05, 0) is 44.2 Å². The number of hydrogen-bond donors (Lipinski definition) is 3. The molecule has 128 valence electrons. The Labute approximate surface area is 140 Å². The van der Waals surface area contributed by atoms with Crippen molar-refractivity contribution in [1.29, 1.82) is 0 Å². The number of imidazole rings is 1. The van der Waals surface area contributed by atoms with Crippen LogP contribution >= 0.6 is 0 Å². The van der Waals surface area contributed by atoms with Crippen molar-refractivity contribution in [3.05, 3.63) is 30.1 Å². The second-order valence-corrected chi connectivity index (χ2v) is 6.48. The number of H-pyrrole nitrogens is 1. The lowest BCUT2D eigenvalue weighted by Crippen LogP contribution is -2.35. The van der Waals surface area contributed by atoms with Crippen molar-refractivity contribution >= 4 is 22.9 Å². The van der Waals surface area contributed by atoms with E-state index in [1.165, 1.54) is 0 Å². The van der Waals surface area contributed by atoms with E-state index in [4.69, 9.17) is 5.11 Å². The van der Waals surface area contributed by atoms with E-state index in [1.807, 2.05) is 24.3 Å². The van der Waals surface area contributed by atoms with Gasteiger partial charge in [0.25, 0.3) is 0 Å². The maximum Gasteiger partial charge on any atom is 0.306 e. The number of amides is 1. The predicted octanol–water partition coefficient (Wildman–Crippen LogP) is 2.50. The third-order valence-corrected chi connectivity index (χ3v) is 4.78. The zero-order valence-electron chi connectivity index (χ0n) is 13.6. The SMILES string of the molecule is O=C(O)C1CCC(C(=O)NCCCc2nc3ccccc3[nH]2)CC1. The van der Waals surface area contributed by atoms with E-state index in [0.29, 0.717) is 32.2 Å². The van der Waals surface area contributed by atoms with E-state index in [-0.39, 0.29) is 17.7 Å². The summed E-state index contributed by atoms with van der Waals surface area (Å²) in [6.07, 6.45) is 4.17. The van der Waals surface area contributed by atoms with Crippen molar-refractivity contribution in [2.75, 3.05) is 6.54 Å². The van der Waals surface area contributed by atoms with Crippen LogP contribution in [0.4, 0.5) is 0 Å². The van der Waals surface area contributed by atoms with Crippen LogP contribution in [0, 0.1) is 11.8 Å². The summed E-state index contributed by atoms with van der Waals surface area (Å²) in [7, 11) is 0. The molecule has 0 bridgehead atoms. The number of carboxylic acids is 1. The number of aliphatic carboxylic acids is 1. The Balaban J connectivity index is 1.38. The summed E-state index contributed by atoms with van der Waals surface area (Å²) in [5.41, 5.74) is 2.00. The Morgan fingerprint density at radius 1 is 1.17 bits per heavy atom. The molecular weight excluding hydrogens is 306 g/mol. The molecule has 1 saturated carbocycles. The minimum atomic E-state index is -0.736. The van der Waals surface area contributed by atoms with Crippen LogP contribution in [0.2, 0.25) is 0 Å². The van der Waals surface area contributed by atoms with Crippen LogP contribution in [-0.4, -0.2) is 33.5 Å². The fourth-order valence-electron chi connectivity index (χ4n) is 3.34. The van der Waals surface area contributed by atoms with Crippen molar-refractivity contribution in [2.24, 2.45) is 11.8 Å². The molecule has 1 amide bonds. The molecule has 0 unspecified atom stereocenters. The summed E-state index contributed by atoms with van der Waals surface area (Å²) in [6, 6.07) is 7.92. The van der Waals surface area contributed by atoms with Gasteiger partial charge in [0.05, 0.1) is 17.0 Å². The second-order valence-electron chi connectivity index (χ2n) is 6.48. The molecular formula is C18H23N3O3. The molecule has 1 aromatic heterocycles. The van der Waals surface area contributed by atoms with Crippen LogP contribution in [0.1, 0.15) is 37.9 Å². The predicted molar refractivity (Wildman–Crippen MR) is 90.5 cm³/mol. The van der Waals surface area contributed by atoms with Gasteiger partial charge in [0.2, 0.25) is 5.91 Å². The van der Waals surface area contributed by atoms with Gasteiger partial charge in [-0.3, -0.25) is 9.59 Å². The highest BCUT2D eigenvalue weighted by molar-refractivity contribution is 5.79. The van der Waals surface area contributed by atoms with Gasteiger partial charge < -0.3 is 15.4 Å². The van der Waals surface area contributed by atoms with Gasteiger partial charge in [-0.25, -0.2) is 4.98 Å². The standard InChI is InChI=1S/C18H23N3O3/c22-17(12-7-9-13(10-8-12)18(23)24)19-11-3-6-16-20-14-4-1-2-5-15(14)21-16/h1-2,4-5,12-13H,3,6-11H2,(H,19,22)(H,20,21)(H,23,24). The van der Waals surface area contributed by atoms with Gasteiger partial charge in [-0.1, -0.05) is 12.1 Å². The number of carboxylic acid groups (broad SMARTS) is 1. The fraction of sp³-hybridized carbons (Fsp3) is 0.500. The summed E-state index contributed by atoms with van der Waals surface area (Å²) < 4.78 is 0. The second kappa shape index (κ2) is 7.47. The number of hydrogen-bond acceptors (Lipinski definition) is 3. The van der Waals surface area contributed by atoms with Crippen molar-refractivity contribution < 1.29 is 14.7 Å². The molecule has 0 aliphatic heterocycles. The molecule has 3 N–H and O–H groups in total. The maximum atomic E-state index is 12.1. The topological polar surface area (TPSA) is 95.1 Å². The highest BCUT2D eigenvalue weighted by atomic mass is 16.4. The van der Waals surface area contributed by atoms with Crippen molar-refractivity contribution in [3.63, 3.8) is 0 Å². The van der Waals surface area contributed by atoms with Crippen molar-refractivity contribution in [3.8, 4) is 0 Å². The summed E-state index contributed by atoms with van der Waals surface area (Å²) in [4.78, 5) is 30.9. The maximum absolute atomic E-state index is 12.1. The molecule has 3 rings (SSSR count). The Kier molecular flexibility index (Phi) is 5.13. The van der Waals surface area contributed by atoms with Gasteiger partial charge in [0.1, 0.15) is 5.82 Å². The van der Waals surface area contributed by atoms with Gasteiger partial charge in [-0.15, -0.1) is 0 Å². The number of carbonyl (C=O) groups excluding carboxylic acids is 1. The highest BCUT2D eigenvalue weighted by Gasteiger charge is 2.29. The summed E-state index contributed by atoms with van der Waals surface area (Å²) in [6.45, 7) is 0.620. The van der Waals surface area contributed by atoms with Crippen LogP contribution in [-0.2, 0) is 16.0 Å². The molecule has 1 aromatic carbocycles. The number of aryl methyl sites for hydroxylation is 1. The van der Waals surface area contributed by atoms with E-state index in [1.54, 1.807) is 0 Å². The molecule has 6 heteroatoms. The van der Waals surface area contributed by atoms with Crippen LogP contribution in [0.25, 0.3) is 11.0 Å². The zero-order chi connectivity index (χ0) is 16.9. The monoisotopic (exact) mass is 329 g/mol. The number of para-hydroxylation sites is 2. The minimum absolute atomic E-state index is 0.0354. The van der Waals surface area contributed by atoms with Gasteiger partial charge in [-0.2, -0.15) is 0 Å². The smallest absolute Gasteiger partial charge is 0.306 e. The van der Waals surface area contributed by atoms with E-state index < -0.39 is 5.97 Å². The molecule has 0 radical (unpaired) electrons. The van der Waals surface area contributed by atoms with Gasteiger partial charge >= 0.3 is 5.97 Å². The Bertz CT molecular complexity index is 684. The third kappa shape index (κ3) is 3.93. The number of aromatic nitrogens is 2. The molecule has 1 fully saturated rings. The van der Waals surface area contributed by atoms with E-state index >= 15 is 0 Å². The van der Waals surface area contributed by atoms with Crippen molar-refractivity contribution in [2.45, 2.75) is 38.5 Å². The normalized spacial score (nSPS) is 20.8. The van der Waals surface area contributed by atoms with Crippen LogP contribution in [0.3, 0.4) is 0 Å². The Morgan fingerprint density at radius 2 is 1.88 bits per heavy atom. The number of rotatable bonds is 6. The molecule has 0 spiro atoms. The van der Waals surface area contributed by atoms with Gasteiger partial charge in [0, 0.05) is 18.9 Å². The lowest BCUT2D eigenvalue weighted by molar-refractivity contribution is -0.144. The first-order chi connectivity index (χ1) is 11.6. The number of benzene rings is 1. The largest absolute Gasteiger partial charge is 0.481 e. The minimum Gasteiger partial charge on any atom is -0.481 e. The number of nitrogens with one attached hydrogen (secondary N) is 2. The number of aromatic amines is 1. The van der Waals surface area contributed by atoms with Crippen LogP contribution in [0.15, 0.2) is 24.3 Å². The van der Waals surface area contributed by atoms with E-state index in [2.05, 4.69) is 15.3 Å². The molecule has 1 aliphatic rings. The Morgan fingerprint density at radius 3 is 2.58 bits per heavy atom. The summed E-state index contributed by atoms with van der Waals surface area (Å²) in [5.74, 6) is -0.0514. The quantitative estimate of drug-likeness (QED) is 0.710. The molecule has 1 aliphatic carbocycles. The first-order valence-electron chi connectivity index (χ1n) is 8.57. The van der Waals surface area contributed by atoms with Crippen molar-refractivity contribution in [1.82, 2.24) is 15.3 Å². The molecule has 0 atom stereocenters. The fourth-order valence-corrected chi connectivity index (χ4v) is 3.34. The summed E-state index contributed by atoms with van der Waals surface area (Å²) >= 11 is 0. The first-order valence-corrected chi connectivity index (χ1v) is 8.57. The highest BCUT2D eigenvalue weighted by Crippen LogP contribution is 2.28. The van der Waals surface area contributed by atoms with Crippen LogP contribution < -0.4 is 5.32 Å². The molecule has 0 saturated heterocycles. The first kappa shape index (κ1) is 16.5. The van der Waals surface area contributed by atoms with Gasteiger partial charge in [0.15, 0.2) is 0 Å². The van der Waals surface area contributed by atoms with E-state index in [9.17, 15) is 9.59 Å². The zero-order valence-corrected chi connectivity index (χ0v) is 13.6. The van der Waals surface area contributed by atoms with E-state index in [0.717, 1.165) is 29.7 Å². The molecule has 1 heterocycles. The average molecular weight is 329 g/mol. The number of fused-ring (bicyclic) bond motifs is 1. The molecule has 24 heavy (non-hydrogen) atoms. The number of nitrogens with zero attached hydrogens (tertiary/aromatic N) is 1. The lowest BCUT2D eigenvalue weighted by Gasteiger charge is -2.25. The molecule has 2 aromatic rings. The summed E-state index contributed by atoms with van der Waals surface area (Å²) in [5, 5.41) is 12.0. The third-order valence-electron chi connectivity index (χ3n) is 4.78.